The molecule has 0 spiro atoms. The van der Waals surface area contributed by atoms with Gasteiger partial charge in [-0.15, -0.1) is 0 Å². The number of nitrogens with zero attached hydrogens (tertiary/aromatic N) is 2. The van der Waals surface area contributed by atoms with Crippen LogP contribution in [0, 0.1) is 11.6 Å². The second-order valence-electron chi connectivity index (χ2n) is 7.44. The Morgan fingerprint density at radius 1 is 1.10 bits per heavy atom. The molecule has 5 rings (SSSR count). The Kier molecular flexibility index (Phi) is 4.37. The molecule has 2 aliphatic carbocycles. The molecule has 1 fully saturated rings. The Hall–Kier alpha value is -2.44. The van der Waals surface area contributed by atoms with E-state index in [9.17, 15) is 13.6 Å². The first kappa shape index (κ1) is 18.6. The van der Waals surface area contributed by atoms with E-state index in [4.69, 9.17) is 23.2 Å². The Balaban J connectivity index is 1.59. The lowest BCUT2D eigenvalue weighted by Gasteiger charge is -2.15. The number of rotatable bonds is 3. The molecule has 2 atom stereocenters. The van der Waals surface area contributed by atoms with Crippen LogP contribution >= 0.6 is 23.2 Å². The van der Waals surface area contributed by atoms with Crippen molar-refractivity contribution in [2.24, 2.45) is 0 Å². The largest absolute Gasteiger partial charge is 0.318 e. The average Bonchev–Trinajstić information content (AvgIpc) is 3.36. The summed E-state index contributed by atoms with van der Waals surface area (Å²) in [5.74, 6) is -1.52. The minimum absolute atomic E-state index is 0.0904. The van der Waals surface area contributed by atoms with E-state index in [1.807, 2.05) is 0 Å². The number of benzene rings is 2. The molecule has 2 bridgehead atoms. The van der Waals surface area contributed by atoms with Gasteiger partial charge < -0.3 is 5.32 Å². The van der Waals surface area contributed by atoms with E-state index in [-0.39, 0.29) is 17.3 Å². The fraction of sp³-hybridized carbons (Fsp3) is 0.238. The zero-order valence-corrected chi connectivity index (χ0v) is 16.6. The number of fused-ring (bicyclic) bond motifs is 5. The third kappa shape index (κ3) is 3.02. The van der Waals surface area contributed by atoms with Crippen LogP contribution in [0.5, 0.6) is 0 Å². The van der Waals surface area contributed by atoms with Crippen LogP contribution in [0.2, 0.25) is 10.0 Å². The number of hydrogen-bond donors (Lipinski definition) is 1. The first-order valence-electron chi connectivity index (χ1n) is 9.27. The number of halogens is 4. The lowest BCUT2D eigenvalue weighted by molar-refractivity contribution is 0.102. The van der Waals surface area contributed by atoms with Crippen LogP contribution in [0.15, 0.2) is 36.4 Å². The molecule has 1 saturated carbocycles. The maximum Gasteiger partial charge on any atom is 0.276 e. The maximum absolute atomic E-state index is 14.0. The van der Waals surface area contributed by atoms with Gasteiger partial charge in [-0.05, 0) is 55.5 Å². The van der Waals surface area contributed by atoms with Crippen molar-refractivity contribution in [2.75, 3.05) is 5.32 Å². The van der Waals surface area contributed by atoms with Crippen LogP contribution in [0.4, 0.5) is 14.5 Å². The third-order valence-electron chi connectivity index (χ3n) is 5.72. The van der Waals surface area contributed by atoms with E-state index in [1.165, 1.54) is 6.07 Å². The summed E-state index contributed by atoms with van der Waals surface area (Å²) < 4.78 is 28.9. The number of nitrogens with one attached hydrogen (secondary N) is 1. The molecule has 1 heterocycles. The molecule has 0 aliphatic heterocycles. The molecule has 4 nitrogen and oxygen atoms in total. The van der Waals surface area contributed by atoms with Gasteiger partial charge in [0.05, 0.1) is 22.1 Å². The predicted octanol–water partition coefficient (Wildman–Crippen LogP) is 6.07. The molecule has 1 N–H and O–H groups in total. The second kappa shape index (κ2) is 6.82. The first-order valence-corrected chi connectivity index (χ1v) is 10.0. The Labute approximate surface area is 175 Å². The molecule has 3 aromatic rings. The van der Waals surface area contributed by atoms with Crippen LogP contribution in [0.3, 0.4) is 0 Å². The monoisotopic (exact) mass is 433 g/mol. The molecular weight excluding hydrogens is 419 g/mol. The highest BCUT2D eigenvalue weighted by Crippen LogP contribution is 2.55. The maximum atomic E-state index is 14.0. The number of amides is 1. The van der Waals surface area contributed by atoms with Crippen LogP contribution in [-0.4, -0.2) is 15.7 Å². The zero-order chi connectivity index (χ0) is 20.3. The van der Waals surface area contributed by atoms with Crippen molar-refractivity contribution in [3.63, 3.8) is 0 Å². The minimum atomic E-state index is -0.836. The van der Waals surface area contributed by atoms with E-state index in [0.717, 1.165) is 42.7 Å². The highest BCUT2D eigenvalue weighted by molar-refractivity contribution is 6.35. The van der Waals surface area contributed by atoms with E-state index in [1.54, 1.807) is 22.9 Å². The smallest absolute Gasteiger partial charge is 0.276 e. The van der Waals surface area contributed by atoms with Gasteiger partial charge in [0.2, 0.25) is 0 Å². The Morgan fingerprint density at radius 3 is 2.66 bits per heavy atom. The minimum Gasteiger partial charge on any atom is -0.318 e. The molecule has 148 valence electrons. The first-order chi connectivity index (χ1) is 13.9. The zero-order valence-electron chi connectivity index (χ0n) is 15.1. The van der Waals surface area contributed by atoms with E-state index in [2.05, 4.69) is 10.4 Å². The van der Waals surface area contributed by atoms with E-state index in [0.29, 0.717) is 21.7 Å². The summed E-state index contributed by atoms with van der Waals surface area (Å²) in [5, 5.41) is 8.02. The Bertz CT molecular complexity index is 1160. The molecule has 1 aromatic heterocycles. The SMILES string of the molecule is O=C(Nc1ccc(F)cc1F)c1nn(-c2ccc(Cl)cc2Cl)c2c1C1CCC2C1. The summed E-state index contributed by atoms with van der Waals surface area (Å²) in [7, 11) is 0. The molecule has 2 aromatic carbocycles. The fourth-order valence-electron chi connectivity index (χ4n) is 4.51. The lowest BCUT2D eigenvalue weighted by Crippen LogP contribution is -2.16. The summed E-state index contributed by atoms with van der Waals surface area (Å²) in [6.45, 7) is 0. The average molecular weight is 434 g/mol. The topological polar surface area (TPSA) is 46.9 Å². The normalized spacial score (nSPS) is 19.4. The van der Waals surface area contributed by atoms with Crippen molar-refractivity contribution in [1.29, 1.82) is 0 Å². The quantitative estimate of drug-likeness (QED) is 0.544. The third-order valence-corrected chi connectivity index (χ3v) is 6.26. The lowest BCUT2D eigenvalue weighted by atomic mass is 9.95. The number of anilines is 1. The summed E-state index contributed by atoms with van der Waals surface area (Å²) in [4.78, 5) is 13.0. The predicted molar refractivity (Wildman–Crippen MR) is 107 cm³/mol. The summed E-state index contributed by atoms with van der Waals surface area (Å²) in [6, 6.07) is 8.14. The number of carbonyl (C=O) groups excluding carboxylic acids is 1. The van der Waals surface area contributed by atoms with Crippen molar-refractivity contribution in [1.82, 2.24) is 9.78 Å². The molecule has 0 radical (unpaired) electrons. The van der Waals surface area contributed by atoms with Gasteiger partial charge in [0.1, 0.15) is 11.6 Å². The van der Waals surface area contributed by atoms with E-state index >= 15 is 0 Å². The van der Waals surface area contributed by atoms with Crippen LogP contribution in [0.25, 0.3) is 5.69 Å². The molecule has 2 unspecified atom stereocenters. The van der Waals surface area contributed by atoms with Crippen LogP contribution in [0.1, 0.15) is 52.8 Å². The summed E-state index contributed by atoms with van der Waals surface area (Å²) in [6.07, 6.45) is 2.98. The fourth-order valence-corrected chi connectivity index (χ4v) is 5.00. The standard InChI is InChI=1S/C21H15Cl2F2N3O/c22-12-3-6-17(14(23)8-12)28-20-11-2-1-10(7-11)18(20)19(27-28)21(29)26-16-5-4-13(24)9-15(16)25/h3-6,8-11H,1-2,7H2,(H,26,29). The number of hydrogen-bond acceptors (Lipinski definition) is 2. The molecular formula is C21H15Cl2F2N3O. The van der Waals surface area contributed by atoms with Gasteiger partial charge in [0.25, 0.3) is 5.91 Å². The van der Waals surface area contributed by atoms with Crippen molar-refractivity contribution in [2.45, 2.75) is 31.1 Å². The summed E-state index contributed by atoms with van der Waals surface area (Å²) >= 11 is 12.4. The molecule has 2 aliphatic rings. The van der Waals surface area contributed by atoms with Gasteiger partial charge in [-0.25, -0.2) is 13.5 Å². The van der Waals surface area contributed by atoms with Gasteiger partial charge in [-0.3, -0.25) is 4.79 Å². The van der Waals surface area contributed by atoms with Gasteiger partial charge in [-0.2, -0.15) is 5.10 Å². The molecule has 29 heavy (non-hydrogen) atoms. The van der Waals surface area contributed by atoms with Crippen LogP contribution in [-0.2, 0) is 0 Å². The highest BCUT2D eigenvalue weighted by atomic mass is 35.5. The molecule has 1 amide bonds. The van der Waals surface area contributed by atoms with Gasteiger partial charge in [0.15, 0.2) is 5.69 Å². The van der Waals surface area contributed by atoms with Crippen molar-refractivity contribution in [3.8, 4) is 5.69 Å². The number of carbonyl (C=O) groups is 1. The van der Waals surface area contributed by atoms with Crippen molar-refractivity contribution >= 4 is 34.8 Å². The molecule has 8 heteroatoms. The van der Waals surface area contributed by atoms with Crippen LogP contribution < -0.4 is 5.32 Å². The highest BCUT2D eigenvalue weighted by Gasteiger charge is 2.44. The van der Waals surface area contributed by atoms with Gasteiger partial charge in [-0.1, -0.05) is 23.2 Å². The van der Waals surface area contributed by atoms with Gasteiger partial charge in [0, 0.05) is 22.6 Å². The van der Waals surface area contributed by atoms with Crippen molar-refractivity contribution in [3.05, 3.63) is 75.0 Å². The number of aromatic nitrogens is 2. The van der Waals surface area contributed by atoms with Crippen molar-refractivity contribution < 1.29 is 13.6 Å². The Morgan fingerprint density at radius 2 is 1.90 bits per heavy atom. The summed E-state index contributed by atoms with van der Waals surface area (Å²) in [5.41, 5.74) is 2.68. The molecule has 0 saturated heterocycles. The second-order valence-corrected chi connectivity index (χ2v) is 8.28. The van der Waals surface area contributed by atoms with Gasteiger partial charge >= 0.3 is 0 Å². The van der Waals surface area contributed by atoms with E-state index < -0.39 is 17.5 Å².